The van der Waals surface area contributed by atoms with E-state index in [-0.39, 0.29) is 0 Å². The second-order valence-electron chi connectivity index (χ2n) is 5.19. The van der Waals surface area contributed by atoms with E-state index in [0.29, 0.717) is 12.1 Å². The first-order valence-electron chi connectivity index (χ1n) is 7.00. The van der Waals surface area contributed by atoms with Crippen LogP contribution < -0.4 is 5.32 Å². The lowest BCUT2D eigenvalue weighted by Crippen LogP contribution is -2.36. The van der Waals surface area contributed by atoms with Gasteiger partial charge in [0.05, 0.1) is 12.6 Å². The summed E-state index contributed by atoms with van der Waals surface area (Å²) in [6.45, 7) is 8.70. The van der Waals surface area contributed by atoms with Crippen molar-refractivity contribution in [3.8, 4) is 0 Å². The van der Waals surface area contributed by atoms with E-state index in [2.05, 4.69) is 41.1 Å². The van der Waals surface area contributed by atoms with Gasteiger partial charge in [0, 0.05) is 31.0 Å². The molecule has 19 heavy (non-hydrogen) atoms. The van der Waals surface area contributed by atoms with Gasteiger partial charge in [0.2, 0.25) is 0 Å². The molecule has 2 heterocycles. The zero-order valence-electron chi connectivity index (χ0n) is 12.3. The molecule has 5 heteroatoms. The third-order valence-electron chi connectivity index (χ3n) is 3.55. The van der Waals surface area contributed by atoms with Crippen LogP contribution in [0.1, 0.15) is 31.8 Å². The number of hydrogen-bond donors (Lipinski definition) is 1. The van der Waals surface area contributed by atoms with Gasteiger partial charge >= 0.3 is 0 Å². The Kier molecular flexibility index (Phi) is 4.71. The quantitative estimate of drug-likeness (QED) is 0.879. The van der Waals surface area contributed by atoms with E-state index in [4.69, 9.17) is 4.74 Å². The van der Waals surface area contributed by atoms with E-state index in [1.165, 1.54) is 0 Å². The predicted molar refractivity (Wildman–Crippen MR) is 76.2 cm³/mol. The summed E-state index contributed by atoms with van der Waals surface area (Å²) in [4.78, 5) is 11.4. The summed E-state index contributed by atoms with van der Waals surface area (Å²) in [5, 5.41) is 3.25. The Morgan fingerprint density at radius 2 is 2.26 bits per heavy atom. The highest BCUT2D eigenvalue weighted by Gasteiger charge is 2.28. The van der Waals surface area contributed by atoms with Crippen molar-refractivity contribution in [1.82, 2.24) is 14.9 Å². The Labute approximate surface area is 115 Å². The summed E-state index contributed by atoms with van der Waals surface area (Å²) < 4.78 is 5.62. The van der Waals surface area contributed by atoms with Crippen LogP contribution in [0, 0.1) is 6.92 Å². The van der Waals surface area contributed by atoms with Gasteiger partial charge in [-0.3, -0.25) is 4.90 Å². The lowest BCUT2D eigenvalue weighted by Gasteiger charge is -2.25. The van der Waals surface area contributed by atoms with E-state index in [1.54, 1.807) is 0 Å². The molecule has 5 nitrogen and oxygen atoms in total. The van der Waals surface area contributed by atoms with Crippen LogP contribution in [0.5, 0.6) is 0 Å². The molecule has 0 saturated carbocycles. The highest BCUT2D eigenvalue weighted by Crippen LogP contribution is 2.19. The molecule has 1 aromatic heterocycles. The Morgan fingerprint density at radius 3 is 2.89 bits per heavy atom. The van der Waals surface area contributed by atoms with E-state index >= 15 is 0 Å². The van der Waals surface area contributed by atoms with Gasteiger partial charge in [-0.1, -0.05) is 0 Å². The molecule has 106 valence electrons. The summed E-state index contributed by atoms with van der Waals surface area (Å²) in [5.74, 6) is 1.78. The lowest BCUT2D eigenvalue weighted by atomic mass is 10.1. The van der Waals surface area contributed by atoms with Crippen molar-refractivity contribution in [2.75, 3.05) is 25.5 Å². The van der Waals surface area contributed by atoms with Gasteiger partial charge in [0.25, 0.3) is 0 Å². The van der Waals surface area contributed by atoms with Crippen LogP contribution >= 0.6 is 0 Å². The average Bonchev–Trinajstić information content (AvgIpc) is 2.75. The molecule has 1 saturated heterocycles. The van der Waals surface area contributed by atoms with E-state index in [0.717, 1.165) is 43.5 Å². The van der Waals surface area contributed by atoms with Gasteiger partial charge in [-0.25, -0.2) is 9.97 Å². The minimum absolute atomic E-state index is 0.294. The van der Waals surface area contributed by atoms with Gasteiger partial charge in [-0.05, 0) is 34.2 Å². The maximum atomic E-state index is 5.62. The Morgan fingerprint density at radius 1 is 1.47 bits per heavy atom. The molecule has 0 bridgehead atoms. The van der Waals surface area contributed by atoms with E-state index in [1.807, 2.05) is 13.0 Å². The second kappa shape index (κ2) is 6.30. The van der Waals surface area contributed by atoms with Crippen LogP contribution in [-0.4, -0.2) is 47.2 Å². The van der Waals surface area contributed by atoms with Crippen LogP contribution in [0.4, 0.5) is 5.82 Å². The molecule has 0 radical (unpaired) electrons. The number of aromatic nitrogens is 2. The second-order valence-corrected chi connectivity index (χ2v) is 5.19. The van der Waals surface area contributed by atoms with Crippen molar-refractivity contribution >= 4 is 5.82 Å². The van der Waals surface area contributed by atoms with Gasteiger partial charge in [0.15, 0.2) is 0 Å². The summed E-state index contributed by atoms with van der Waals surface area (Å²) in [7, 11) is 2.12. The van der Waals surface area contributed by atoms with Gasteiger partial charge in [-0.2, -0.15) is 0 Å². The standard InChI is InChI=1S/C14H24N4O/c1-5-15-13-8-10(2)16-14(17-13)9-18(4)12-6-7-19-11(12)3/h8,11-12H,5-7,9H2,1-4H3,(H,15,16,17). The van der Waals surface area contributed by atoms with Crippen molar-refractivity contribution < 1.29 is 4.74 Å². The Balaban J connectivity index is 2.05. The molecule has 2 atom stereocenters. The molecule has 1 aromatic rings. The molecular weight excluding hydrogens is 240 g/mol. The molecule has 0 amide bonds. The maximum Gasteiger partial charge on any atom is 0.144 e. The fraction of sp³-hybridized carbons (Fsp3) is 0.714. The SMILES string of the molecule is CCNc1cc(C)nc(CN(C)C2CCOC2C)n1. The fourth-order valence-corrected chi connectivity index (χ4v) is 2.61. The van der Waals surface area contributed by atoms with E-state index < -0.39 is 0 Å². The van der Waals surface area contributed by atoms with Crippen molar-refractivity contribution in [2.24, 2.45) is 0 Å². The summed E-state index contributed by atoms with van der Waals surface area (Å²) in [6, 6.07) is 2.44. The normalized spacial score (nSPS) is 23.0. The van der Waals surface area contributed by atoms with Gasteiger partial charge in [0.1, 0.15) is 11.6 Å². The van der Waals surface area contributed by atoms with Crippen molar-refractivity contribution in [3.63, 3.8) is 0 Å². The first-order chi connectivity index (χ1) is 9.10. The van der Waals surface area contributed by atoms with Crippen molar-refractivity contribution in [1.29, 1.82) is 0 Å². The minimum Gasteiger partial charge on any atom is -0.377 e. The molecule has 1 aliphatic rings. The topological polar surface area (TPSA) is 50.3 Å². The summed E-state index contributed by atoms with van der Waals surface area (Å²) in [5.41, 5.74) is 1.00. The molecule has 1 fully saturated rings. The number of hydrogen-bond acceptors (Lipinski definition) is 5. The molecule has 1 aliphatic heterocycles. The van der Waals surface area contributed by atoms with Gasteiger partial charge < -0.3 is 10.1 Å². The number of anilines is 1. The van der Waals surface area contributed by atoms with Crippen molar-refractivity contribution in [2.45, 2.75) is 45.9 Å². The monoisotopic (exact) mass is 264 g/mol. The van der Waals surface area contributed by atoms with Crippen LogP contribution in [0.25, 0.3) is 0 Å². The summed E-state index contributed by atoms with van der Waals surface area (Å²) in [6.07, 6.45) is 1.38. The number of rotatable bonds is 5. The number of nitrogens with one attached hydrogen (secondary N) is 1. The smallest absolute Gasteiger partial charge is 0.144 e. The Hall–Kier alpha value is -1.20. The van der Waals surface area contributed by atoms with Crippen LogP contribution in [0.15, 0.2) is 6.07 Å². The number of likely N-dealkylation sites (N-methyl/N-ethyl adjacent to an activating group) is 1. The minimum atomic E-state index is 0.294. The molecular formula is C14H24N4O. The van der Waals surface area contributed by atoms with Crippen molar-refractivity contribution in [3.05, 3.63) is 17.6 Å². The zero-order chi connectivity index (χ0) is 13.8. The Bertz CT molecular complexity index is 424. The molecule has 2 unspecified atom stereocenters. The third kappa shape index (κ3) is 3.64. The first-order valence-corrected chi connectivity index (χ1v) is 7.00. The molecule has 0 aliphatic carbocycles. The first kappa shape index (κ1) is 14.2. The average molecular weight is 264 g/mol. The summed E-state index contributed by atoms with van der Waals surface area (Å²) >= 11 is 0. The van der Waals surface area contributed by atoms with Crippen LogP contribution in [-0.2, 0) is 11.3 Å². The lowest BCUT2D eigenvalue weighted by molar-refractivity contribution is 0.0806. The third-order valence-corrected chi connectivity index (χ3v) is 3.55. The highest BCUT2D eigenvalue weighted by atomic mass is 16.5. The molecule has 2 rings (SSSR count). The predicted octanol–water partition coefficient (Wildman–Crippen LogP) is 1.83. The molecule has 0 aromatic carbocycles. The zero-order valence-corrected chi connectivity index (χ0v) is 12.3. The molecule has 0 spiro atoms. The number of aryl methyl sites for hydroxylation is 1. The number of nitrogens with zero attached hydrogens (tertiary/aromatic N) is 3. The van der Waals surface area contributed by atoms with Crippen LogP contribution in [0.3, 0.4) is 0 Å². The van der Waals surface area contributed by atoms with Gasteiger partial charge in [-0.15, -0.1) is 0 Å². The fourth-order valence-electron chi connectivity index (χ4n) is 2.61. The maximum absolute atomic E-state index is 5.62. The number of ether oxygens (including phenoxy) is 1. The largest absolute Gasteiger partial charge is 0.377 e. The molecule has 1 N–H and O–H groups in total. The highest BCUT2D eigenvalue weighted by molar-refractivity contribution is 5.35. The van der Waals surface area contributed by atoms with E-state index in [9.17, 15) is 0 Å². The van der Waals surface area contributed by atoms with Crippen LogP contribution in [0.2, 0.25) is 0 Å².